The molecule has 2 amide bonds. The number of hydrogen-bond donors (Lipinski definition) is 2. The van der Waals surface area contributed by atoms with Crippen molar-refractivity contribution in [2.24, 2.45) is 0 Å². The Kier molecular flexibility index (Phi) is 5.87. The van der Waals surface area contributed by atoms with Crippen molar-refractivity contribution >= 4 is 23.5 Å². The zero-order valence-electron chi connectivity index (χ0n) is 16.5. The molecule has 2 aromatic rings. The Morgan fingerprint density at radius 2 is 1.97 bits per heavy atom. The van der Waals surface area contributed by atoms with Gasteiger partial charge in [0.25, 0.3) is 5.91 Å². The molecule has 0 bridgehead atoms. The molecule has 1 saturated heterocycles. The number of carbonyl (C=O) groups excluding carboxylic acids is 2. The van der Waals surface area contributed by atoms with Crippen molar-refractivity contribution in [2.75, 3.05) is 18.6 Å². The number of carbonyl (C=O) groups is 3. The van der Waals surface area contributed by atoms with E-state index in [1.807, 2.05) is 0 Å². The maximum Gasteiger partial charge on any atom is 0.306 e. The van der Waals surface area contributed by atoms with Crippen LogP contribution in [0.25, 0.3) is 0 Å². The van der Waals surface area contributed by atoms with Gasteiger partial charge in [0.15, 0.2) is 0 Å². The number of nitrogens with one attached hydrogen (secondary N) is 1. The van der Waals surface area contributed by atoms with Gasteiger partial charge in [-0.3, -0.25) is 14.4 Å². The van der Waals surface area contributed by atoms with Gasteiger partial charge in [-0.15, -0.1) is 0 Å². The number of rotatable bonds is 7. The summed E-state index contributed by atoms with van der Waals surface area (Å²) in [6.45, 7) is 2.30. The van der Waals surface area contributed by atoms with Crippen LogP contribution in [0.4, 0.5) is 5.69 Å². The van der Waals surface area contributed by atoms with Crippen LogP contribution in [0.1, 0.15) is 42.1 Å². The normalized spacial score (nSPS) is 15.7. The highest BCUT2D eigenvalue weighted by Crippen LogP contribution is 2.29. The first-order chi connectivity index (χ1) is 13.8. The zero-order valence-corrected chi connectivity index (χ0v) is 16.5. The highest BCUT2D eigenvalue weighted by atomic mass is 16.5. The van der Waals surface area contributed by atoms with Crippen LogP contribution in [0.3, 0.4) is 0 Å². The van der Waals surface area contributed by atoms with Crippen LogP contribution in [0.5, 0.6) is 5.75 Å². The highest BCUT2D eigenvalue weighted by Gasteiger charge is 2.32. The molecule has 1 aliphatic rings. The summed E-state index contributed by atoms with van der Waals surface area (Å²) in [7, 11) is 1.53. The monoisotopic (exact) mass is 396 g/mol. The van der Waals surface area contributed by atoms with Gasteiger partial charge in [-0.05, 0) is 49.2 Å². The van der Waals surface area contributed by atoms with E-state index in [-0.39, 0.29) is 12.3 Å². The van der Waals surface area contributed by atoms with E-state index in [2.05, 4.69) is 5.32 Å². The SMILES string of the molecule is COc1cccc(C(C)(CC(=O)O)NC(=O)c2cccc(N3CCCC3=O)c2)c1. The fourth-order valence-corrected chi connectivity index (χ4v) is 3.55. The number of anilines is 1. The molecule has 1 unspecified atom stereocenters. The van der Waals surface area contributed by atoms with Crippen LogP contribution in [0.2, 0.25) is 0 Å². The Morgan fingerprint density at radius 1 is 1.21 bits per heavy atom. The molecule has 3 rings (SSSR count). The Balaban J connectivity index is 1.89. The zero-order chi connectivity index (χ0) is 21.0. The topological polar surface area (TPSA) is 95.9 Å². The summed E-state index contributed by atoms with van der Waals surface area (Å²) in [6, 6.07) is 13.8. The fraction of sp³-hybridized carbons (Fsp3) is 0.318. The third-order valence-electron chi connectivity index (χ3n) is 5.09. The number of aliphatic carboxylic acids is 1. The van der Waals surface area contributed by atoms with Crippen molar-refractivity contribution in [3.63, 3.8) is 0 Å². The smallest absolute Gasteiger partial charge is 0.306 e. The number of hydrogen-bond acceptors (Lipinski definition) is 4. The van der Waals surface area contributed by atoms with Crippen molar-refractivity contribution in [3.8, 4) is 5.75 Å². The van der Waals surface area contributed by atoms with Crippen molar-refractivity contribution in [1.29, 1.82) is 0 Å². The van der Waals surface area contributed by atoms with E-state index in [0.717, 1.165) is 6.42 Å². The molecule has 0 saturated carbocycles. The first kappa shape index (κ1) is 20.4. The fourth-order valence-electron chi connectivity index (χ4n) is 3.55. The van der Waals surface area contributed by atoms with Gasteiger partial charge in [0, 0.05) is 24.2 Å². The molecule has 1 fully saturated rings. The molecule has 7 nitrogen and oxygen atoms in total. The van der Waals surface area contributed by atoms with Crippen LogP contribution in [-0.2, 0) is 15.1 Å². The van der Waals surface area contributed by atoms with Gasteiger partial charge < -0.3 is 20.1 Å². The lowest BCUT2D eigenvalue weighted by molar-refractivity contribution is -0.138. The number of benzene rings is 2. The first-order valence-electron chi connectivity index (χ1n) is 9.42. The van der Waals surface area contributed by atoms with Crippen LogP contribution in [0.15, 0.2) is 48.5 Å². The minimum atomic E-state index is -1.14. The Labute approximate surface area is 169 Å². The van der Waals surface area contributed by atoms with E-state index in [1.165, 1.54) is 7.11 Å². The second-order valence-electron chi connectivity index (χ2n) is 7.29. The van der Waals surface area contributed by atoms with E-state index >= 15 is 0 Å². The van der Waals surface area contributed by atoms with Crippen LogP contribution in [0, 0.1) is 0 Å². The lowest BCUT2D eigenvalue weighted by atomic mass is 9.88. The molecule has 2 aromatic carbocycles. The number of amides is 2. The summed E-state index contributed by atoms with van der Waals surface area (Å²) in [6.07, 6.45) is 1.00. The first-order valence-corrected chi connectivity index (χ1v) is 9.42. The number of carboxylic acids is 1. The molecule has 1 heterocycles. The second-order valence-corrected chi connectivity index (χ2v) is 7.29. The second kappa shape index (κ2) is 8.34. The molecule has 152 valence electrons. The van der Waals surface area contributed by atoms with E-state index in [1.54, 1.807) is 60.4 Å². The molecular formula is C22H24N2O5. The summed E-state index contributed by atoms with van der Waals surface area (Å²) in [5.74, 6) is -0.838. The molecule has 2 N–H and O–H groups in total. The van der Waals surface area contributed by atoms with Gasteiger partial charge in [0.05, 0.1) is 19.1 Å². The molecule has 1 atom stereocenters. The molecule has 29 heavy (non-hydrogen) atoms. The number of ether oxygens (including phenoxy) is 1. The predicted octanol–water partition coefficient (Wildman–Crippen LogP) is 2.94. The molecule has 0 radical (unpaired) electrons. The molecular weight excluding hydrogens is 372 g/mol. The number of carboxylic acid groups (broad SMARTS) is 1. The standard InChI is InChI=1S/C22H24N2O5/c1-22(14-20(26)27,16-7-4-9-18(13-16)29-2)23-21(28)15-6-3-8-17(12-15)24-11-5-10-19(24)25/h3-4,6-9,12-13H,5,10-11,14H2,1-2H3,(H,23,28)(H,26,27). The molecule has 7 heteroatoms. The maximum absolute atomic E-state index is 13.0. The number of methoxy groups -OCH3 is 1. The van der Waals surface area contributed by atoms with Gasteiger partial charge in [-0.25, -0.2) is 0 Å². The number of nitrogens with zero attached hydrogens (tertiary/aromatic N) is 1. The van der Waals surface area contributed by atoms with Gasteiger partial charge in [0.2, 0.25) is 5.91 Å². The van der Waals surface area contributed by atoms with Gasteiger partial charge in [-0.2, -0.15) is 0 Å². The lowest BCUT2D eigenvalue weighted by Crippen LogP contribution is -2.45. The summed E-state index contributed by atoms with van der Waals surface area (Å²) in [5.41, 5.74) is 0.512. The minimum Gasteiger partial charge on any atom is -0.497 e. The third-order valence-corrected chi connectivity index (χ3v) is 5.09. The van der Waals surface area contributed by atoms with E-state index in [4.69, 9.17) is 4.74 Å². The van der Waals surface area contributed by atoms with Crippen molar-refractivity contribution < 1.29 is 24.2 Å². The van der Waals surface area contributed by atoms with Crippen molar-refractivity contribution in [1.82, 2.24) is 5.32 Å². The molecule has 0 aliphatic carbocycles. The van der Waals surface area contributed by atoms with Crippen molar-refractivity contribution in [3.05, 3.63) is 59.7 Å². The third kappa shape index (κ3) is 4.56. The van der Waals surface area contributed by atoms with Gasteiger partial charge >= 0.3 is 5.97 Å². The summed E-state index contributed by atoms with van der Waals surface area (Å²) in [5, 5.41) is 12.3. The largest absolute Gasteiger partial charge is 0.497 e. The van der Waals surface area contributed by atoms with Gasteiger partial charge in [0.1, 0.15) is 5.75 Å². The van der Waals surface area contributed by atoms with Crippen LogP contribution < -0.4 is 15.0 Å². The minimum absolute atomic E-state index is 0.0367. The lowest BCUT2D eigenvalue weighted by Gasteiger charge is -2.30. The van der Waals surface area contributed by atoms with Crippen molar-refractivity contribution in [2.45, 2.75) is 31.7 Å². The molecule has 0 aromatic heterocycles. The quantitative estimate of drug-likeness (QED) is 0.750. The summed E-state index contributed by atoms with van der Waals surface area (Å²) < 4.78 is 5.23. The van der Waals surface area contributed by atoms with E-state index in [9.17, 15) is 19.5 Å². The highest BCUT2D eigenvalue weighted by molar-refractivity contribution is 5.99. The predicted molar refractivity (Wildman–Crippen MR) is 108 cm³/mol. The Morgan fingerprint density at radius 3 is 2.62 bits per heavy atom. The van der Waals surface area contributed by atoms with Crippen LogP contribution in [-0.4, -0.2) is 36.5 Å². The van der Waals surface area contributed by atoms with Gasteiger partial charge in [-0.1, -0.05) is 18.2 Å². The average molecular weight is 396 g/mol. The van der Waals surface area contributed by atoms with E-state index < -0.39 is 17.4 Å². The Bertz CT molecular complexity index is 942. The molecule has 0 spiro atoms. The summed E-state index contributed by atoms with van der Waals surface area (Å²) >= 11 is 0. The average Bonchev–Trinajstić information content (AvgIpc) is 3.13. The van der Waals surface area contributed by atoms with Crippen LogP contribution >= 0.6 is 0 Å². The molecule has 1 aliphatic heterocycles. The van der Waals surface area contributed by atoms with E-state index in [0.29, 0.717) is 35.5 Å². The maximum atomic E-state index is 13.0. The Hall–Kier alpha value is -3.35. The summed E-state index contributed by atoms with van der Waals surface area (Å²) in [4.78, 5) is 38.1.